The largest absolute Gasteiger partial charge is 0.326 e. The first-order valence-corrected chi connectivity index (χ1v) is 13.0. The summed E-state index contributed by atoms with van der Waals surface area (Å²) in [6.07, 6.45) is 0. The molecule has 10 heteroatoms. The molecule has 8 nitrogen and oxygen atoms in total. The topological polar surface area (TPSA) is 90.0 Å². The van der Waals surface area contributed by atoms with Crippen LogP contribution in [0.1, 0.15) is 12.5 Å². The number of piperazine rings is 1. The molecule has 2 saturated heterocycles. The number of urea groups is 1. The highest BCUT2D eigenvalue weighted by Gasteiger charge is 2.49. The highest BCUT2D eigenvalue weighted by molar-refractivity contribution is 7.91. The van der Waals surface area contributed by atoms with Crippen molar-refractivity contribution in [2.75, 3.05) is 32.8 Å². The van der Waals surface area contributed by atoms with Crippen molar-refractivity contribution in [3.05, 3.63) is 65.5 Å². The van der Waals surface area contributed by atoms with Gasteiger partial charge in [-0.15, -0.1) is 11.3 Å². The average Bonchev–Trinajstić information content (AvgIpc) is 3.44. The number of hydrogen-bond donors (Lipinski definition) is 1. The third-order valence-electron chi connectivity index (χ3n) is 6.36. The van der Waals surface area contributed by atoms with Gasteiger partial charge in [0.2, 0.25) is 0 Å². The fourth-order valence-electron chi connectivity index (χ4n) is 4.37. The summed E-state index contributed by atoms with van der Waals surface area (Å²) in [5, 5.41) is 6.67. The van der Waals surface area contributed by atoms with Crippen molar-refractivity contribution in [2.45, 2.75) is 16.7 Å². The SMILES string of the molecule is C[C@@]1(c2ccc3ccccc3c2)NC(=O)N(CN2CCN(S(=O)(=O)c3cccs3)CC2)C1=O. The van der Waals surface area contributed by atoms with Crippen molar-refractivity contribution in [3.8, 4) is 0 Å². The molecule has 2 aliphatic rings. The Bertz CT molecular complexity index is 1320. The van der Waals surface area contributed by atoms with Crippen molar-refractivity contribution < 1.29 is 18.0 Å². The van der Waals surface area contributed by atoms with Gasteiger partial charge in [0.1, 0.15) is 9.75 Å². The van der Waals surface area contributed by atoms with Crippen molar-refractivity contribution >= 4 is 44.1 Å². The van der Waals surface area contributed by atoms with Crippen molar-refractivity contribution in [1.29, 1.82) is 0 Å². The number of thiophene rings is 1. The van der Waals surface area contributed by atoms with Gasteiger partial charge in [-0.25, -0.2) is 18.1 Å². The standard InChI is InChI=1S/C23H24N4O4S2/c1-23(19-9-8-17-5-2-3-6-18(17)15-19)21(28)27(22(29)24-23)16-25-10-12-26(13-11-25)33(30,31)20-7-4-14-32-20/h2-9,14-15H,10-13,16H2,1H3,(H,24,29)/t23-/m0/s1. The first-order valence-electron chi connectivity index (χ1n) is 10.7. The van der Waals surface area contributed by atoms with Gasteiger partial charge in [0.25, 0.3) is 15.9 Å². The summed E-state index contributed by atoms with van der Waals surface area (Å²) in [6.45, 7) is 3.35. The number of rotatable bonds is 5. The number of sulfonamides is 1. The second-order valence-electron chi connectivity index (χ2n) is 8.45. The number of carbonyl (C=O) groups excluding carboxylic acids is 2. The smallest absolute Gasteiger partial charge is 0.319 e. The van der Waals surface area contributed by atoms with Gasteiger partial charge in [-0.3, -0.25) is 9.69 Å². The van der Waals surface area contributed by atoms with Gasteiger partial charge in [0, 0.05) is 26.2 Å². The predicted octanol–water partition coefficient (Wildman–Crippen LogP) is 2.63. The normalized spacial score (nSPS) is 22.8. The van der Waals surface area contributed by atoms with Crippen molar-refractivity contribution in [1.82, 2.24) is 19.4 Å². The Balaban J connectivity index is 1.28. The van der Waals surface area contributed by atoms with Crippen LogP contribution in [0.2, 0.25) is 0 Å². The van der Waals surface area contributed by atoms with E-state index >= 15 is 0 Å². The molecule has 3 heterocycles. The summed E-state index contributed by atoms with van der Waals surface area (Å²) in [5.74, 6) is -0.309. The fourth-order valence-corrected chi connectivity index (χ4v) is 6.94. The summed E-state index contributed by atoms with van der Waals surface area (Å²) in [4.78, 5) is 29.2. The highest BCUT2D eigenvalue weighted by Crippen LogP contribution is 2.31. The lowest BCUT2D eigenvalue weighted by Crippen LogP contribution is -2.52. The van der Waals surface area contributed by atoms with Crippen molar-refractivity contribution in [2.24, 2.45) is 0 Å². The van der Waals surface area contributed by atoms with Crippen LogP contribution in [-0.2, 0) is 20.4 Å². The molecule has 0 spiro atoms. The predicted molar refractivity (Wildman–Crippen MR) is 126 cm³/mol. The Hall–Kier alpha value is -2.79. The Morgan fingerprint density at radius 1 is 0.970 bits per heavy atom. The van der Waals surface area contributed by atoms with E-state index in [1.54, 1.807) is 24.4 Å². The van der Waals surface area contributed by atoms with Gasteiger partial charge in [-0.1, -0.05) is 42.5 Å². The molecule has 1 aromatic heterocycles. The average molecular weight is 485 g/mol. The molecule has 2 aliphatic heterocycles. The summed E-state index contributed by atoms with van der Waals surface area (Å²) >= 11 is 1.20. The summed E-state index contributed by atoms with van der Waals surface area (Å²) < 4.78 is 27.2. The molecule has 172 valence electrons. The number of carbonyl (C=O) groups is 2. The van der Waals surface area contributed by atoms with E-state index in [-0.39, 0.29) is 12.6 Å². The second-order valence-corrected chi connectivity index (χ2v) is 11.6. The second kappa shape index (κ2) is 8.21. The van der Waals surface area contributed by atoms with E-state index in [4.69, 9.17) is 0 Å². The maximum atomic E-state index is 13.3. The van der Waals surface area contributed by atoms with E-state index in [2.05, 4.69) is 5.32 Å². The number of fused-ring (bicyclic) bond motifs is 1. The first kappa shape index (κ1) is 22.0. The minimum Gasteiger partial charge on any atom is -0.319 e. The quantitative estimate of drug-likeness (QED) is 0.563. The number of nitrogens with zero attached hydrogens (tertiary/aromatic N) is 3. The molecule has 2 aromatic carbocycles. The maximum Gasteiger partial charge on any atom is 0.326 e. The summed E-state index contributed by atoms with van der Waals surface area (Å²) in [6, 6.07) is 16.5. The lowest BCUT2D eigenvalue weighted by atomic mass is 9.90. The lowest BCUT2D eigenvalue weighted by molar-refractivity contribution is -0.132. The third-order valence-corrected chi connectivity index (χ3v) is 9.64. The fraction of sp³-hybridized carbons (Fsp3) is 0.304. The number of nitrogens with one attached hydrogen (secondary N) is 1. The van der Waals surface area contributed by atoms with Crippen LogP contribution in [0.5, 0.6) is 0 Å². The first-order chi connectivity index (χ1) is 15.8. The zero-order chi connectivity index (χ0) is 23.2. The molecule has 33 heavy (non-hydrogen) atoms. The van der Waals surface area contributed by atoms with E-state index in [9.17, 15) is 18.0 Å². The van der Waals surface area contributed by atoms with Gasteiger partial charge < -0.3 is 5.32 Å². The Kier molecular flexibility index (Phi) is 5.48. The monoisotopic (exact) mass is 484 g/mol. The molecule has 2 fully saturated rings. The third kappa shape index (κ3) is 3.82. The molecule has 0 unspecified atom stereocenters. The molecule has 1 atom stereocenters. The van der Waals surface area contributed by atoms with Gasteiger partial charge in [-0.2, -0.15) is 4.31 Å². The molecule has 0 bridgehead atoms. The van der Waals surface area contributed by atoms with E-state index in [1.807, 2.05) is 47.4 Å². The summed E-state index contributed by atoms with van der Waals surface area (Å²) in [5.41, 5.74) is -0.417. The number of amides is 3. The van der Waals surface area contributed by atoms with Crippen LogP contribution >= 0.6 is 11.3 Å². The minimum atomic E-state index is -3.50. The number of imide groups is 1. The molecule has 5 rings (SSSR count). The molecule has 3 aromatic rings. The molecular weight excluding hydrogens is 460 g/mol. The van der Waals surface area contributed by atoms with Crippen LogP contribution in [-0.4, -0.2) is 67.3 Å². The molecule has 0 saturated carbocycles. The Morgan fingerprint density at radius 3 is 2.39 bits per heavy atom. The minimum absolute atomic E-state index is 0.126. The van der Waals surface area contributed by atoms with Crippen molar-refractivity contribution in [3.63, 3.8) is 0 Å². The Morgan fingerprint density at radius 2 is 1.70 bits per heavy atom. The molecule has 1 N–H and O–H groups in total. The van der Waals surface area contributed by atoms with Crippen LogP contribution in [0.15, 0.2) is 64.2 Å². The zero-order valence-corrected chi connectivity index (χ0v) is 19.7. The van der Waals surface area contributed by atoms with Gasteiger partial charge in [-0.05, 0) is 40.8 Å². The Labute approximate surface area is 196 Å². The van der Waals surface area contributed by atoms with E-state index in [1.165, 1.54) is 20.5 Å². The molecule has 3 amide bonds. The van der Waals surface area contributed by atoms with Crippen LogP contribution in [0.3, 0.4) is 0 Å². The van der Waals surface area contributed by atoms with Crippen LogP contribution in [0, 0.1) is 0 Å². The molecule has 0 radical (unpaired) electrons. The van der Waals surface area contributed by atoms with Gasteiger partial charge in [0.05, 0.1) is 6.67 Å². The van der Waals surface area contributed by atoms with Crippen LogP contribution in [0.4, 0.5) is 4.79 Å². The van der Waals surface area contributed by atoms with E-state index < -0.39 is 21.6 Å². The van der Waals surface area contributed by atoms with Gasteiger partial charge >= 0.3 is 6.03 Å². The van der Waals surface area contributed by atoms with Crippen LogP contribution < -0.4 is 5.32 Å². The molecular formula is C23H24N4O4S2. The number of benzene rings is 2. The number of hydrogen-bond acceptors (Lipinski definition) is 6. The van der Waals surface area contributed by atoms with E-state index in [0.717, 1.165) is 16.3 Å². The maximum absolute atomic E-state index is 13.3. The van der Waals surface area contributed by atoms with Gasteiger partial charge in [0.15, 0.2) is 0 Å². The summed E-state index contributed by atoms with van der Waals surface area (Å²) in [7, 11) is -3.50. The highest BCUT2D eigenvalue weighted by atomic mass is 32.2. The molecule has 0 aliphatic carbocycles. The lowest BCUT2D eigenvalue weighted by Gasteiger charge is -2.35. The zero-order valence-electron chi connectivity index (χ0n) is 18.1. The van der Waals surface area contributed by atoms with Crippen LogP contribution in [0.25, 0.3) is 10.8 Å². The van der Waals surface area contributed by atoms with E-state index in [0.29, 0.717) is 30.4 Å².